The minimum absolute atomic E-state index is 0.0951. The van der Waals surface area contributed by atoms with Crippen LogP contribution >= 0.6 is 0 Å². The van der Waals surface area contributed by atoms with Crippen molar-refractivity contribution in [3.8, 4) is 0 Å². The molecule has 0 aromatic heterocycles. The average molecular weight is 317 g/mol. The molecule has 3 fully saturated rings. The number of rotatable bonds is 4. The molecule has 1 aliphatic carbocycles. The number of carbonyl (C=O) groups is 2. The highest BCUT2D eigenvalue weighted by Crippen LogP contribution is 2.40. The number of piperidine rings is 2. The molecule has 124 valence electrons. The Bertz CT molecular complexity index is 551. The molecule has 1 amide bonds. The van der Waals surface area contributed by atoms with E-state index in [0.29, 0.717) is 6.61 Å². The van der Waals surface area contributed by atoms with E-state index in [2.05, 4.69) is 0 Å². The second-order valence-corrected chi connectivity index (χ2v) is 6.21. The number of hydrogen-bond acceptors (Lipinski definition) is 4. The van der Waals surface area contributed by atoms with Crippen LogP contribution in [-0.2, 0) is 20.9 Å². The summed E-state index contributed by atoms with van der Waals surface area (Å²) in [7, 11) is 0. The topological polar surface area (TPSA) is 55.8 Å². The largest absolute Gasteiger partial charge is 0.464 e. The number of benzene rings is 1. The third-order valence-electron chi connectivity index (χ3n) is 4.83. The highest BCUT2D eigenvalue weighted by molar-refractivity contribution is 5.82. The summed E-state index contributed by atoms with van der Waals surface area (Å²) < 4.78 is 10.6. The van der Waals surface area contributed by atoms with E-state index in [0.717, 1.165) is 31.2 Å². The Morgan fingerprint density at radius 2 is 1.78 bits per heavy atom. The Labute approximate surface area is 136 Å². The summed E-state index contributed by atoms with van der Waals surface area (Å²) in [6, 6.07) is 9.19. The minimum Gasteiger partial charge on any atom is -0.464 e. The Morgan fingerprint density at radius 3 is 2.43 bits per heavy atom. The third-order valence-corrected chi connectivity index (χ3v) is 4.83. The van der Waals surface area contributed by atoms with E-state index in [-0.39, 0.29) is 24.5 Å². The molecule has 1 aromatic rings. The first-order valence-electron chi connectivity index (χ1n) is 8.36. The van der Waals surface area contributed by atoms with Crippen molar-refractivity contribution in [1.82, 2.24) is 4.90 Å². The summed E-state index contributed by atoms with van der Waals surface area (Å²) in [4.78, 5) is 26.5. The molecular formula is C18H23NO4. The van der Waals surface area contributed by atoms with Crippen LogP contribution in [0, 0.1) is 5.92 Å². The second kappa shape index (κ2) is 7.02. The second-order valence-electron chi connectivity index (χ2n) is 6.21. The predicted molar refractivity (Wildman–Crippen MR) is 84.6 cm³/mol. The summed E-state index contributed by atoms with van der Waals surface area (Å²) in [6.45, 7) is 2.35. The summed E-state index contributed by atoms with van der Waals surface area (Å²) in [5.41, 5.74) is 0.940. The van der Waals surface area contributed by atoms with Gasteiger partial charge >= 0.3 is 12.1 Å². The lowest BCUT2D eigenvalue weighted by Crippen LogP contribution is -2.60. The molecule has 0 radical (unpaired) electrons. The van der Waals surface area contributed by atoms with Crippen molar-refractivity contribution in [3.63, 3.8) is 0 Å². The van der Waals surface area contributed by atoms with Crippen molar-refractivity contribution in [2.24, 2.45) is 5.92 Å². The molecule has 0 N–H and O–H groups in total. The van der Waals surface area contributed by atoms with Crippen LogP contribution < -0.4 is 0 Å². The molecule has 5 nitrogen and oxygen atoms in total. The number of fused-ring (bicyclic) bond motifs is 3. The fraction of sp³-hybridized carbons (Fsp3) is 0.556. The molecule has 2 heterocycles. The molecule has 4 rings (SSSR count). The van der Waals surface area contributed by atoms with Crippen LogP contribution in [0.25, 0.3) is 0 Å². The van der Waals surface area contributed by atoms with E-state index in [1.54, 1.807) is 11.8 Å². The first-order valence-corrected chi connectivity index (χ1v) is 8.36. The van der Waals surface area contributed by atoms with Crippen LogP contribution in [0.2, 0.25) is 0 Å². The van der Waals surface area contributed by atoms with Crippen molar-refractivity contribution in [2.75, 3.05) is 6.61 Å². The monoisotopic (exact) mass is 317 g/mol. The van der Waals surface area contributed by atoms with Crippen molar-refractivity contribution < 1.29 is 19.1 Å². The van der Waals surface area contributed by atoms with Crippen LogP contribution in [0.1, 0.15) is 38.2 Å². The Kier molecular flexibility index (Phi) is 4.84. The Balaban J connectivity index is 1.69. The first kappa shape index (κ1) is 15.8. The molecule has 3 aliphatic rings. The zero-order valence-electron chi connectivity index (χ0n) is 13.4. The van der Waals surface area contributed by atoms with E-state index in [1.807, 2.05) is 30.3 Å². The summed E-state index contributed by atoms with van der Waals surface area (Å²) >= 11 is 0. The SMILES string of the molecule is CCOC(=O)C1C2CCC(CC2)N1C(=O)OCc1ccccc1. The molecule has 2 aliphatic heterocycles. The van der Waals surface area contributed by atoms with Crippen molar-refractivity contribution in [3.05, 3.63) is 35.9 Å². The van der Waals surface area contributed by atoms with Crippen molar-refractivity contribution in [1.29, 1.82) is 0 Å². The van der Waals surface area contributed by atoms with Gasteiger partial charge in [-0.1, -0.05) is 30.3 Å². The van der Waals surface area contributed by atoms with Crippen molar-refractivity contribution >= 4 is 12.1 Å². The molecule has 1 unspecified atom stereocenters. The van der Waals surface area contributed by atoms with E-state index in [9.17, 15) is 9.59 Å². The molecule has 1 saturated carbocycles. The molecule has 2 saturated heterocycles. The molecule has 1 atom stereocenters. The van der Waals surface area contributed by atoms with E-state index in [1.165, 1.54) is 0 Å². The van der Waals surface area contributed by atoms with Crippen LogP contribution in [-0.4, -0.2) is 35.7 Å². The zero-order chi connectivity index (χ0) is 16.2. The summed E-state index contributed by atoms with van der Waals surface area (Å²) in [5, 5.41) is 0. The summed E-state index contributed by atoms with van der Waals surface area (Å²) in [5.74, 6) is -0.0955. The number of esters is 1. The lowest BCUT2D eigenvalue weighted by atomic mass is 9.75. The van der Waals surface area contributed by atoms with Gasteiger partial charge in [-0.3, -0.25) is 4.90 Å². The summed E-state index contributed by atoms with van der Waals surface area (Å²) in [6.07, 6.45) is 3.45. The third kappa shape index (κ3) is 3.33. The van der Waals surface area contributed by atoms with E-state index >= 15 is 0 Å². The highest BCUT2D eigenvalue weighted by atomic mass is 16.6. The molecule has 23 heavy (non-hydrogen) atoms. The average Bonchev–Trinajstić information content (AvgIpc) is 2.61. The quantitative estimate of drug-likeness (QED) is 0.801. The van der Waals surface area contributed by atoms with Crippen LogP contribution in [0.15, 0.2) is 30.3 Å². The predicted octanol–water partition coefficient (Wildman–Crippen LogP) is 3.13. The number of ether oxygens (including phenoxy) is 2. The maximum Gasteiger partial charge on any atom is 0.411 e. The Morgan fingerprint density at radius 1 is 1.09 bits per heavy atom. The fourth-order valence-corrected chi connectivity index (χ4v) is 3.74. The lowest BCUT2D eigenvalue weighted by Gasteiger charge is -2.49. The van der Waals surface area contributed by atoms with Gasteiger partial charge in [-0.15, -0.1) is 0 Å². The van der Waals surface area contributed by atoms with Gasteiger partial charge in [0.15, 0.2) is 0 Å². The number of nitrogens with zero attached hydrogens (tertiary/aromatic N) is 1. The molecule has 1 aromatic carbocycles. The first-order chi connectivity index (χ1) is 11.2. The minimum atomic E-state index is -0.481. The molecule has 0 spiro atoms. The van der Waals surface area contributed by atoms with Gasteiger partial charge in [0.05, 0.1) is 6.61 Å². The van der Waals surface area contributed by atoms with Crippen molar-refractivity contribution in [2.45, 2.75) is 51.3 Å². The van der Waals surface area contributed by atoms with Gasteiger partial charge in [-0.2, -0.15) is 0 Å². The lowest BCUT2D eigenvalue weighted by molar-refractivity contribution is -0.157. The van der Waals surface area contributed by atoms with Gasteiger partial charge in [0.2, 0.25) is 0 Å². The van der Waals surface area contributed by atoms with E-state index in [4.69, 9.17) is 9.47 Å². The van der Waals surface area contributed by atoms with Gasteiger partial charge in [-0.25, -0.2) is 9.59 Å². The molecule has 2 bridgehead atoms. The maximum absolute atomic E-state index is 12.6. The molecule has 5 heteroatoms. The number of hydrogen-bond donors (Lipinski definition) is 0. The van der Waals surface area contributed by atoms with Gasteiger partial charge in [0.1, 0.15) is 12.6 Å². The standard InChI is InChI=1S/C18H23NO4/c1-2-22-17(20)16-14-8-10-15(11-9-14)19(16)18(21)23-12-13-6-4-3-5-7-13/h3-7,14-16H,2,8-12H2,1H3. The van der Waals surface area contributed by atoms with Crippen LogP contribution in [0.5, 0.6) is 0 Å². The number of amides is 1. The van der Waals surface area contributed by atoms with Crippen LogP contribution in [0.3, 0.4) is 0 Å². The van der Waals surface area contributed by atoms with Gasteiger partial charge in [-0.05, 0) is 44.1 Å². The van der Waals surface area contributed by atoms with Crippen LogP contribution in [0.4, 0.5) is 4.79 Å². The smallest absolute Gasteiger partial charge is 0.411 e. The molecular weight excluding hydrogens is 294 g/mol. The highest BCUT2D eigenvalue weighted by Gasteiger charge is 2.49. The normalized spacial score (nSPS) is 26.0. The van der Waals surface area contributed by atoms with Gasteiger partial charge in [0, 0.05) is 6.04 Å². The Hall–Kier alpha value is -2.04. The fourth-order valence-electron chi connectivity index (χ4n) is 3.74. The van der Waals surface area contributed by atoms with Gasteiger partial charge < -0.3 is 9.47 Å². The number of carbonyl (C=O) groups excluding carboxylic acids is 2. The zero-order valence-corrected chi connectivity index (χ0v) is 13.4. The maximum atomic E-state index is 12.6. The van der Waals surface area contributed by atoms with E-state index < -0.39 is 12.1 Å². The van der Waals surface area contributed by atoms with Gasteiger partial charge in [0.25, 0.3) is 0 Å².